The highest BCUT2D eigenvalue weighted by Crippen LogP contribution is 1.82. The molecule has 0 bridgehead atoms. The van der Waals surface area contributed by atoms with Gasteiger partial charge in [-0.2, -0.15) is 0 Å². The summed E-state index contributed by atoms with van der Waals surface area (Å²) in [4.78, 5) is 21.0. The predicted molar refractivity (Wildman–Crippen MR) is 38.4 cm³/mol. The van der Waals surface area contributed by atoms with Crippen LogP contribution in [0.2, 0.25) is 0 Å². The van der Waals surface area contributed by atoms with Gasteiger partial charge in [-0.1, -0.05) is 0 Å². The minimum absolute atomic E-state index is 0.249. The standard InChI is InChI=1S/C6H12N2O3/c1-4(6(10)11-3)7-8-5(2)9/h4,7H,1-3H3,(H,8,9). The zero-order chi connectivity index (χ0) is 8.85. The summed E-state index contributed by atoms with van der Waals surface area (Å²) in [6.07, 6.45) is 0. The van der Waals surface area contributed by atoms with E-state index in [9.17, 15) is 9.59 Å². The van der Waals surface area contributed by atoms with Crippen molar-refractivity contribution >= 4 is 11.9 Å². The summed E-state index contributed by atoms with van der Waals surface area (Å²) >= 11 is 0. The molecule has 0 aliphatic heterocycles. The third-order valence-corrected chi connectivity index (χ3v) is 1.02. The average molecular weight is 160 g/mol. The van der Waals surface area contributed by atoms with Crippen LogP contribution >= 0.6 is 0 Å². The Morgan fingerprint density at radius 1 is 1.45 bits per heavy atom. The Bertz CT molecular complexity index is 158. The van der Waals surface area contributed by atoms with E-state index in [-0.39, 0.29) is 5.91 Å². The first-order chi connectivity index (χ1) is 5.07. The highest BCUT2D eigenvalue weighted by molar-refractivity contribution is 5.76. The zero-order valence-electron chi connectivity index (χ0n) is 6.80. The van der Waals surface area contributed by atoms with E-state index in [2.05, 4.69) is 15.6 Å². The Kier molecular flexibility index (Phi) is 4.21. The minimum atomic E-state index is -0.524. The van der Waals surface area contributed by atoms with Crippen LogP contribution in [-0.4, -0.2) is 25.0 Å². The van der Waals surface area contributed by atoms with Gasteiger partial charge in [-0.05, 0) is 6.92 Å². The van der Waals surface area contributed by atoms with Gasteiger partial charge < -0.3 is 4.74 Å². The summed E-state index contributed by atoms with van der Waals surface area (Å²) in [5, 5.41) is 0. The molecule has 0 aromatic heterocycles. The third kappa shape index (κ3) is 4.32. The molecule has 0 spiro atoms. The number of hydrogen-bond acceptors (Lipinski definition) is 4. The SMILES string of the molecule is COC(=O)C(C)NNC(C)=O. The molecule has 5 heteroatoms. The third-order valence-electron chi connectivity index (χ3n) is 1.02. The van der Waals surface area contributed by atoms with Crippen molar-refractivity contribution in [2.45, 2.75) is 19.9 Å². The number of carbonyl (C=O) groups excluding carboxylic acids is 2. The molecule has 0 saturated heterocycles. The fourth-order valence-electron chi connectivity index (χ4n) is 0.446. The van der Waals surface area contributed by atoms with Gasteiger partial charge in [0.25, 0.3) is 0 Å². The van der Waals surface area contributed by atoms with Gasteiger partial charge in [-0.15, -0.1) is 0 Å². The van der Waals surface area contributed by atoms with Crippen LogP contribution in [0, 0.1) is 0 Å². The van der Waals surface area contributed by atoms with Crippen LogP contribution in [0.4, 0.5) is 0 Å². The van der Waals surface area contributed by atoms with Crippen molar-refractivity contribution in [3.05, 3.63) is 0 Å². The van der Waals surface area contributed by atoms with Crippen molar-refractivity contribution in [3.8, 4) is 0 Å². The second-order valence-electron chi connectivity index (χ2n) is 2.07. The Balaban J connectivity index is 3.60. The summed E-state index contributed by atoms with van der Waals surface area (Å²) in [7, 11) is 1.29. The van der Waals surface area contributed by atoms with E-state index in [0.29, 0.717) is 0 Å². The van der Waals surface area contributed by atoms with Gasteiger partial charge in [-0.3, -0.25) is 15.0 Å². The van der Waals surface area contributed by atoms with Gasteiger partial charge in [0.05, 0.1) is 7.11 Å². The van der Waals surface area contributed by atoms with E-state index in [1.54, 1.807) is 6.92 Å². The first-order valence-electron chi connectivity index (χ1n) is 3.18. The number of esters is 1. The number of amides is 1. The molecule has 0 fully saturated rings. The van der Waals surface area contributed by atoms with Crippen LogP contribution in [0.15, 0.2) is 0 Å². The molecular weight excluding hydrogens is 148 g/mol. The Morgan fingerprint density at radius 2 is 2.00 bits per heavy atom. The molecule has 0 rings (SSSR count). The lowest BCUT2D eigenvalue weighted by molar-refractivity contribution is -0.143. The van der Waals surface area contributed by atoms with Crippen LogP contribution in [0.25, 0.3) is 0 Å². The number of hydrazine groups is 1. The van der Waals surface area contributed by atoms with Crippen LogP contribution in [0.5, 0.6) is 0 Å². The van der Waals surface area contributed by atoms with Gasteiger partial charge in [0.2, 0.25) is 5.91 Å². The Labute approximate surface area is 65.1 Å². The van der Waals surface area contributed by atoms with Crippen molar-refractivity contribution in [1.82, 2.24) is 10.9 Å². The van der Waals surface area contributed by atoms with Gasteiger partial charge >= 0.3 is 5.97 Å². The molecule has 64 valence electrons. The summed E-state index contributed by atoms with van der Waals surface area (Å²) in [5.74, 6) is -0.667. The van der Waals surface area contributed by atoms with Crippen LogP contribution < -0.4 is 10.9 Å². The molecule has 1 atom stereocenters. The van der Waals surface area contributed by atoms with Gasteiger partial charge in [-0.25, -0.2) is 5.43 Å². The maximum Gasteiger partial charge on any atom is 0.324 e. The number of methoxy groups -OCH3 is 1. The summed E-state index contributed by atoms with van der Waals surface area (Å²) in [6.45, 7) is 2.93. The number of rotatable bonds is 3. The van der Waals surface area contributed by atoms with Gasteiger partial charge in [0, 0.05) is 6.92 Å². The normalized spacial score (nSPS) is 11.9. The molecule has 11 heavy (non-hydrogen) atoms. The smallest absolute Gasteiger partial charge is 0.324 e. The molecule has 0 aromatic carbocycles. The van der Waals surface area contributed by atoms with Crippen LogP contribution in [0.3, 0.4) is 0 Å². The fourth-order valence-corrected chi connectivity index (χ4v) is 0.446. The lowest BCUT2D eigenvalue weighted by Gasteiger charge is -2.10. The zero-order valence-corrected chi connectivity index (χ0v) is 6.80. The van der Waals surface area contributed by atoms with Gasteiger partial charge in [0.1, 0.15) is 6.04 Å². The Hall–Kier alpha value is -1.10. The van der Waals surface area contributed by atoms with Crippen molar-refractivity contribution in [1.29, 1.82) is 0 Å². The summed E-state index contributed by atoms with van der Waals surface area (Å²) in [6, 6.07) is -0.524. The predicted octanol–water partition coefficient (Wildman–Crippen LogP) is -0.811. The number of hydrogen-bond donors (Lipinski definition) is 2. The maximum absolute atomic E-state index is 10.7. The molecule has 0 saturated carbocycles. The fraction of sp³-hybridized carbons (Fsp3) is 0.667. The van der Waals surface area contributed by atoms with E-state index >= 15 is 0 Å². The topological polar surface area (TPSA) is 67.4 Å². The second-order valence-corrected chi connectivity index (χ2v) is 2.07. The van der Waals surface area contributed by atoms with E-state index in [4.69, 9.17) is 0 Å². The minimum Gasteiger partial charge on any atom is -0.468 e. The maximum atomic E-state index is 10.7. The van der Waals surface area contributed by atoms with E-state index < -0.39 is 12.0 Å². The van der Waals surface area contributed by atoms with E-state index in [1.807, 2.05) is 0 Å². The highest BCUT2D eigenvalue weighted by Gasteiger charge is 2.11. The highest BCUT2D eigenvalue weighted by atomic mass is 16.5. The molecule has 0 aliphatic rings. The molecule has 0 aromatic rings. The van der Waals surface area contributed by atoms with Crippen LogP contribution in [-0.2, 0) is 14.3 Å². The quantitative estimate of drug-likeness (QED) is 0.418. The summed E-state index contributed by atoms with van der Waals surface area (Å²) in [5.41, 5.74) is 4.73. The van der Waals surface area contributed by atoms with Crippen molar-refractivity contribution in [2.75, 3.05) is 7.11 Å². The molecule has 0 heterocycles. The molecule has 0 radical (unpaired) electrons. The molecule has 1 amide bonds. The molecule has 2 N–H and O–H groups in total. The van der Waals surface area contributed by atoms with Crippen molar-refractivity contribution in [3.63, 3.8) is 0 Å². The monoisotopic (exact) mass is 160 g/mol. The van der Waals surface area contributed by atoms with E-state index in [0.717, 1.165) is 0 Å². The lowest BCUT2D eigenvalue weighted by atomic mass is 10.4. The van der Waals surface area contributed by atoms with Crippen LogP contribution in [0.1, 0.15) is 13.8 Å². The molecular formula is C6H12N2O3. The summed E-state index contributed by atoms with van der Waals surface area (Å²) < 4.78 is 4.39. The molecule has 0 aliphatic carbocycles. The van der Waals surface area contributed by atoms with Crippen molar-refractivity contribution in [2.24, 2.45) is 0 Å². The number of carbonyl (C=O) groups is 2. The second kappa shape index (κ2) is 4.68. The average Bonchev–Trinajstić information content (AvgIpc) is 1.98. The first-order valence-corrected chi connectivity index (χ1v) is 3.18. The largest absolute Gasteiger partial charge is 0.468 e. The van der Waals surface area contributed by atoms with Gasteiger partial charge in [0.15, 0.2) is 0 Å². The van der Waals surface area contributed by atoms with Crippen molar-refractivity contribution < 1.29 is 14.3 Å². The Morgan fingerprint density at radius 3 is 2.36 bits per heavy atom. The first kappa shape index (κ1) is 9.90. The molecule has 5 nitrogen and oxygen atoms in total. The number of ether oxygens (including phenoxy) is 1. The number of nitrogens with one attached hydrogen (secondary N) is 2. The van der Waals surface area contributed by atoms with E-state index in [1.165, 1.54) is 14.0 Å². The lowest BCUT2D eigenvalue weighted by Crippen LogP contribution is -2.46. The molecule has 1 unspecified atom stereocenters.